The van der Waals surface area contributed by atoms with Gasteiger partial charge < -0.3 is 19.8 Å². The summed E-state index contributed by atoms with van der Waals surface area (Å²) in [5.41, 5.74) is 0.791. The van der Waals surface area contributed by atoms with Crippen molar-refractivity contribution in [3.8, 4) is 17.3 Å². The van der Waals surface area contributed by atoms with Crippen LogP contribution >= 0.6 is 24.0 Å². The van der Waals surface area contributed by atoms with E-state index in [9.17, 15) is 4.39 Å². The highest BCUT2D eigenvalue weighted by atomic mass is 127. The monoisotopic (exact) mass is 514 g/mol. The number of hydrogen-bond acceptors (Lipinski definition) is 5. The normalized spacial score (nSPS) is 12.2. The molecule has 1 atom stereocenters. The average Bonchev–Trinajstić information content (AvgIpc) is 3.38. The average molecular weight is 514 g/mol. The van der Waals surface area contributed by atoms with Crippen molar-refractivity contribution in [1.29, 1.82) is 0 Å². The third-order valence-corrected chi connectivity index (χ3v) is 4.18. The minimum Gasteiger partial charge on any atom is -0.494 e. The van der Waals surface area contributed by atoms with Crippen LogP contribution in [0.4, 0.5) is 4.39 Å². The van der Waals surface area contributed by atoms with Crippen molar-refractivity contribution in [1.82, 2.24) is 25.8 Å². The number of furan rings is 1. The first kappa shape index (κ1) is 22.7. The molecule has 8 nitrogen and oxygen atoms in total. The molecule has 3 N–H and O–H groups in total. The fourth-order valence-electron chi connectivity index (χ4n) is 2.66. The maximum atomic E-state index is 13.9. The summed E-state index contributed by atoms with van der Waals surface area (Å²) in [6.07, 6.45) is 2.21. The molecule has 2 heterocycles. The Morgan fingerprint density at radius 1 is 1.38 bits per heavy atom. The molecule has 0 aliphatic heterocycles. The summed E-state index contributed by atoms with van der Waals surface area (Å²) in [7, 11) is 3.12. The molecule has 0 aliphatic rings. The maximum Gasteiger partial charge on any atom is 0.216 e. The highest BCUT2D eigenvalue weighted by Gasteiger charge is 2.12. The van der Waals surface area contributed by atoms with E-state index in [1.807, 2.05) is 13.0 Å². The number of aliphatic imine (C=N–C) groups is 1. The Hall–Kier alpha value is -2.63. The lowest BCUT2D eigenvalue weighted by molar-refractivity contribution is 0.386. The number of guanidine groups is 1. The van der Waals surface area contributed by atoms with Crippen LogP contribution in [0.1, 0.15) is 24.4 Å². The van der Waals surface area contributed by atoms with Crippen molar-refractivity contribution in [3.63, 3.8) is 0 Å². The van der Waals surface area contributed by atoms with E-state index in [0.717, 1.165) is 11.4 Å². The summed E-state index contributed by atoms with van der Waals surface area (Å²) in [5, 5.41) is 13.5. The van der Waals surface area contributed by atoms with Crippen molar-refractivity contribution in [2.24, 2.45) is 4.99 Å². The molecule has 1 unspecified atom stereocenters. The van der Waals surface area contributed by atoms with Crippen molar-refractivity contribution >= 4 is 29.9 Å². The highest BCUT2D eigenvalue weighted by Crippen LogP contribution is 2.21. The lowest BCUT2D eigenvalue weighted by Gasteiger charge is -2.18. The highest BCUT2D eigenvalue weighted by molar-refractivity contribution is 14.0. The number of hydrogen-bond donors (Lipinski definition) is 3. The molecule has 0 spiro atoms. The quantitative estimate of drug-likeness (QED) is 0.254. The summed E-state index contributed by atoms with van der Waals surface area (Å²) in [5.74, 6) is 2.31. The van der Waals surface area contributed by atoms with E-state index in [-0.39, 0.29) is 35.8 Å². The second-order valence-electron chi connectivity index (χ2n) is 6.09. The van der Waals surface area contributed by atoms with Crippen LogP contribution in [0.15, 0.2) is 46.0 Å². The number of aromatic amines is 1. The molecular weight excluding hydrogens is 490 g/mol. The SMILES string of the molecule is CN=C(NCCc1nc(-c2ccco2)n[nH]1)NC(C)c1ccc(OC)c(F)c1.I. The van der Waals surface area contributed by atoms with E-state index in [4.69, 9.17) is 9.15 Å². The molecule has 10 heteroatoms. The van der Waals surface area contributed by atoms with Gasteiger partial charge in [-0.05, 0) is 36.8 Å². The van der Waals surface area contributed by atoms with Crippen molar-refractivity contribution in [3.05, 3.63) is 53.8 Å². The van der Waals surface area contributed by atoms with Gasteiger partial charge in [-0.1, -0.05) is 6.07 Å². The zero-order valence-electron chi connectivity index (χ0n) is 16.4. The Morgan fingerprint density at radius 2 is 2.21 bits per heavy atom. The number of H-pyrrole nitrogens is 1. The fraction of sp³-hybridized carbons (Fsp3) is 0.316. The number of benzene rings is 1. The molecule has 0 saturated carbocycles. The molecule has 0 bridgehead atoms. The van der Waals surface area contributed by atoms with E-state index < -0.39 is 5.82 Å². The molecule has 156 valence electrons. The predicted molar refractivity (Wildman–Crippen MR) is 119 cm³/mol. The predicted octanol–water partition coefficient (Wildman–Crippen LogP) is 3.30. The van der Waals surface area contributed by atoms with E-state index in [0.29, 0.717) is 30.5 Å². The zero-order chi connectivity index (χ0) is 19.9. The lowest BCUT2D eigenvalue weighted by atomic mass is 10.1. The van der Waals surface area contributed by atoms with Crippen molar-refractivity contribution in [2.45, 2.75) is 19.4 Å². The number of aromatic nitrogens is 3. The summed E-state index contributed by atoms with van der Waals surface area (Å²) >= 11 is 0. The van der Waals surface area contributed by atoms with Gasteiger partial charge in [-0.15, -0.1) is 24.0 Å². The molecule has 2 aromatic heterocycles. The molecule has 1 aromatic carbocycles. The molecule has 3 aromatic rings. The summed E-state index contributed by atoms with van der Waals surface area (Å²) in [4.78, 5) is 8.60. The molecule has 0 saturated heterocycles. The summed E-state index contributed by atoms with van der Waals surface area (Å²) in [6.45, 7) is 2.52. The largest absolute Gasteiger partial charge is 0.494 e. The van der Waals surface area contributed by atoms with Gasteiger partial charge in [0.05, 0.1) is 19.4 Å². The van der Waals surface area contributed by atoms with Crippen molar-refractivity contribution in [2.75, 3.05) is 20.7 Å². The first-order chi connectivity index (χ1) is 13.6. The smallest absolute Gasteiger partial charge is 0.216 e. The first-order valence-electron chi connectivity index (χ1n) is 8.86. The van der Waals surface area contributed by atoms with E-state index in [1.165, 1.54) is 13.2 Å². The van der Waals surface area contributed by atoms with Crippen LogP contribution in [0.25, 0.3) is 11.6 Å². The first-order valence-corrected chi connectivity index (χ1v) is 8.86. The van der Waals surface area contributed by atoms with Gasteiger partial charge >= 0.3 is 0 Å². The lowest BCUT2D eigenvalue weighted by Crippen LogP contribution is -2.39. The Kier molecular flexibility index (Phi) is 8.43. The molecule has 0 amide bonds. The van der Waals surface area contributed by atoms with Gasteiger partial charge in [0.15, 0.2) is 23.3 Å². The summed E-state index contributed by atoms with van der Waals surface area (Å²) < 4.78 is 24.1. The number of halogens is 2. The molecule has 29 heavy (non-hydrogen) atoms. The van der Waals surface area contributed by atoms with Crippen LogP contribution in [0.3, 0.4) is 0 Å². The number of nitrogens with zero attached hydrogens (tertiary/aromatic N) is 3. The number of rotatable bonds is 7. The topological polar surface area (TPSA) is 100 Å². The van der Waals surface area contributed by atoms with Crippen LogP contribution in [0.2, 0.25) is 0 Å². The second-order valence-corrected chi connectivity index (χ2v) is 6.09. The Balaban J connectivity index is 0.00000300. The fourth-order valence-corrected chi connectivity index (χ4v) is 2.66. The van der Waals surface area contributed by atoms with Crippen LogP contribution in [0.5, 0.6) is 5.75 Å². The van der Waals surface area contributed by atoms with Crippen molar-refractivity contribution < 1.29 is 13.5 Å². The van der Waals surface area contributed by atoms with Gasteiger partial charge in [0.1, 0.15) is 5.82 Å². The van der Waals surface area contributed by atoms with Gasteiger partial charge in [-0.2, -0.15) is 5.10 Å². The Labute approximate surface area is 185 Å². The van der Waals surface area contributed by atoms with Crippen LogP contribution < -0.4 is 15.4 Å². The maximum absolute atomic E-state index is 13.9. The van der Waals surface area contributed by atoms with Gasteiger partial charge in [0.2, 0.25) is 5.82 Å². The van der Waals surface area contributed by atoms with Crippen LogP contribution in [-0.4, -0.2) is 41.8 Å². The minimum absolute atomic E-state index is 0. The number of ether oxygens (including phenoxy) is 1. The van der Waals surface area contributed by atoms with Crippen LogP contribution in [-0.2, 0) is 6.42 Å². The van der Waals surface area contributed by atoms with Crippen LogP contribution in [0, 0.1) is 5.82 Å². The molecule has 0 aliphatic carbocycles. The third-order valence-electron chi connectivity index (χ3n) is 4.18. The van der Waals surface area contributed by atoms with Gasteiger partial charge in [0.25, 0.3) is 0 Å². The van der Waals surface area contributed by atoms with E-state index in [2.05, 4.69) is 30.8 Å². The van der Waals surface area contributed by atoms with E-state index >= 15 is 0 Å². The molecule has 0 radical (unpaired) electrons. The molecule has 3 rings (SSSR count). The number of nitrogens with one attached hydrogen (secondary N) is 3. The van der Waals surface area contributed by atoms with Gasteiger partial charge in [-0.3, -0.25) is 10.1 Å². The Bertz CT molecular complexity index is 929. The van der Waals surface area contributed by atoms with Gasteiger partial charge in [-0.25, -0.2) is 9.37 Å². The summed E-state index contributed by atoms with van der Waals surface area (Å²) in [6, 6.07) is 8.34. The van der Waals surface area contributed by atoms with Gasteiger partial charge in [0, 0.05) is 20.0 Å². The molecule has 0 fully saturated rings. The third kappa shape index (κ3) is 5.92. The standard InChI is InChI=1S/C19H23FN6O2.HI/c1-12(13-6-7-15(27-3)14(20)11-13)23-19(21-2)22-9-8-17-24-18(26-25-17)16-5-4-10-28-16;/h4-7,10-12H,8-9H2,1-3H3,(H2,21,22,23)(H,24,25,26);1H. The Morgan fingerprint density at radius 3 is 2.86 bits per heavy atom. The zero-order valence-corrected chi connectivity index (χ0v) is 18.7. The second kappa shape index (κ2) is 10.8. The molecular formula is C19H24FIN6O2. The minimum atomic E-state index is -0.394. The van der Waals surface area contributed by atoms with E-state index in [1.54, 1.807) is 31.5 Å². The number of methoxy groups -OCH3 is 1.